The van der Waals surface area contributed by atoms with Crippen molar-refractivity contribution in [2.24, 2.45) is 0 Å². The van der Waals surface area contributed by atoms with Crippen molar-refractivity contribution in [2.75, 3.05) is 31.2 Å². The van der Waals surface area contributed by atoms with Crippen LogP contribution in [-0.2, 0) is 11.3 Å². The first-order chi connectivity index (χ1) is 16.6. The van der Waals surface area contributed by atoms with Crippen LogP contribution in [0.3, 0.4) is 0 Å². The van der Waals surface area contributed by atoms with Gasteiger partial charge < -0.3 is 19.4 Å². The molecule has 34 heavy (non-hydrogen) atoms. The van der Waals surface area contributed by atoms with Gasteiger partial charge in [-0.15, -0.1) is 0 Å². The van der Waals surface area contributed by atoms with Crippen LogP contribution in [0, 0.1) is 10.1 Å². The third kappa shape index (κ3) is 4.46. The zero-order valence-corrected chi connectivity index (χ0v) is 18.3. The molecule has 9 heteroatoms. The van der Waals surface area contributed by atoms with Crippen LogP contribution in [0.2, 0.25) is 0 Å². The van der Waals surface area contributed by atoms with E-state index in [1.807, 2.05) is 53.4 Å². The van der Waals surface area contributed by atoms with E-state index in [1.165, 1.54) is 6.07 Å². The van der Waals surface area contributed by atoms with Crippen molar-refractivity contribution in [2.45, 2.75) is 6.54 Å². The molecule has 172 valence electrons. The van der Waals surface area contributed by atoms with Gasteiger partial charge in [-0.1, -0.05) is 24.3 Å². The smallest absolute Gasteiger partial charge is 0.293 e. The maximum Gasteiger partial charge on any atom is 0.293 e. The molecule has 0 unspecified atom stereocenters. The van der Waals surface area contributed by atoms with Crippen LogP contribution in [0.25, 0.3) is 22.6 Å². The molecule has 0 radical (unpaired) electrons. The molecular formula is C25H22N4O5. The number of nitro groups is 1. The lowest BCUT2D eigenvalue weighted by atomic mass is 10.1. The van der Waals surface area contributed by atoms with E-state index >= 15 is 0 Å². The molecule has 1 amide bonds. The summed E-state index contributed by atoms with van der Waals surface area (Å²) >= 11 is 0. The topological polar surface area (TPSA) is 111 Å². The molecule has 1 aliphatic heterocycles. The number of aromatic nitrogens is 1. The maximum atomic E-state index is 12.7. The van der Waals surface area contributed by atoms with Gasteiger partial charge in [-0.2, -0.15) is 0 Å². The number of rotatable bonds is 6. The fourth-order valence-corrected chi connectivity index (χ4v) is 3.93. The fourth-order valence-electron chi connectivity index (χ4n) is 3.93. The highest BCUT2D eigenvalue weighted by Gasteiger charge is 2.23. The van der Waals surface area contributed by atoms with Crippen LogP contribution in [0.5, 0.6) is 0 Å². The van der Waals surface area contributed by atoms with Gasteiger partial charge in [0, 0.05) is 36.8 Å². The minimum atomic E-state index is -0.452. The van der Waals surface area contributed by atoms with E-state index in [2.05, 4.69) is 10.3 Å². The van der Waals surface area contributed by atoms with E-state index in [1.54, 1.807) is 12.1 Å². The highest BCUT2D eigenvalue weighted by molar-refractivity contribution is 5.95. The van der Waals surface area contributed by atoms with Gasteiger partial charge in [-0.25, -0.2) is 4.98 Å². The van der Waals surface area contributed by atoms with Crippen LogP contribution in [-0.4, -0.2) is 42.1 Å². The first kappa shape index (κ1) is 21.6. The maximum absolute atomic E-state index is 12.7. The Morgan fingerprint density at radius 1 is 1.06 bits per heavy atom. The van der Waals surface area contributed by atoms with Crippen molar-refractivity contribution in [1.82, 2.24) is 10.3 Å². The zero-order chi connectivity index (χ0) is 23.5. The summed E-state index contributed by atoms with van der Waals surface area (Å²) in [4.78, 5) is 30.2. The normalized spacial score (nSPS) is 13.7. The molecule has 0 aliphatic carbocycles. The quantitative estimate of drug-likeness (QED) is 0.341. The van der Waals surface area contributed by atoms with Gasteiger partial charge in [-0.05, 0) is 42.0 Å². The average Bonchev–Trinajstić information content (AvgIpc) is 3.32. The zero-order valence-electron chi connectivity index (χ0n) is 18.3. The molecule has 1 aromatic heterocycles. The van der Waals surface area contributed by atoms with Crippen molar-refractivity contribution >= 4 is 28.4 Å². The summed E-state index contributed by atoms with van der Waals surface area (Å²) in [7, 11) is 0. The minimum Gasteiger partial charge on any atom is -0.436 e. The Bertz CT molecular complexity index is 1310. The average molecular weight is 458 g/mol. The van der Waals surface area contributed by atoms with Gasteiger partial charge >= 0.3 is 0 Å². The number of nitrogens with one attached hydrogen (secondary N) is 1. The number of fused-ring (bicyclic) bond motifs is 1. The van der Waals surface area contributed by atoms with Crippen molar-refractivity contribution in [3.8, 4) is 11.5 Å². The van der Waals surface area contributed by atoms with E-state index < -0.39 is 4.92 Å². The molecule has 0 saturated carbocycles. The van der Waals surface area contributed by atoms with Crippen LogP contribution in [0.1, 0.15) is 15.9 Å². The second kappa shape index (κ2) is 9.32. The van der Waals surface area contributed by atoms with Gasteiger partial charge in [0.25, 0.3) is 11.6 Å². The highest BCUT2D eigenvalue weighted by atomic mass is 16.6. The van der Waals surface area contributed by atoms with E-state index in [0.717, 1.165) is 22.2 Å². The SMILES string of the molecule is O=C(NCc1ccc(-c2nc3ccccc3o2)cc1)c1ccc(N2CCOCC2)c([N+](=O)[O-])c1. The Morgan fingerprint density at radius 2 is 1.82 bits per heavy atom. The predicted octanol–water partition coefficient (Wildman–Crippen LogP) is 4.17. The lowest BCUT2D eigenvalue weighted by Gasteiger charge is -2.28. The molecule has 9 nitrogen and oxygen atoms in total. The molecule has 5 rings (SSSR count). The Balaban J connectivity index is 1.26. The van der Waals surface area contributed by atoms with E-state index in [-0.39, 0.29) is 23.7 Å². The highest BCUT2D eigenvalue weighted by Crippen LogP contribution is 2.30. The number of hydrogen-bond donors (Lipinski definition) is 1. The number of nitro benzene ring substituents is 1. The van der Waals surface area contributed by atoms with Crippen molar-refractivity contribution in [3.05, 3.63) is 88.0 Å². The molecule has 0 atom stereocenters. The Kier molecular flexibility index (Phi) is 5.92. The van der Waals surface area contributed by atoms with Crippen molar-refractivity contribution in [1.29, 1.82) is 0 Å². The van der Waals surface area contributed by atoms with E-state index in [9.17, 15) is 14.9 Å². The summed E-state index contributed by atoms with van der Waals surface area (Å²) in [6.45, 7) is 2.47. The predicted molar refractivity (Wildman–Crippen MR) is 127 cm³/mol. The molecular weight excluding hydrogens is 436 g/mol. The number of oxazole rings is 1. The van der Waals surface area contributed by atoms with Gasteiger partial charge in [0.2, 0.25) is 5.89 Å². The number of ether oxygens (including phenoxy) is 1. The van der Waals surface area contributed by atoms with Crippen molar-refractivity contribution < 1.29 is 18.9 Å². The standard InChI is InChI=1S/C25H22N4O5/c30-24(19-9-10-21(22(15-19)29(31)32)28-11-13-33-14-12-28)26-16-17-5-7-18(8-6-17)25-27-20-3-1-2-4-23(20)34-25/h1-10,15H,11-14,16H2,(H,26,30). The summed E-state index contributed by atoms with van der Waals surface area (Å²) in [6.07, 6.45) is 0. The molecule has 0 spiro atoms. The Hall–Kier alpha value is -4.24. The number of benzene rings is 3. The lowest BCUT2D eigenvalue weighted by molar-refractivity contribution is -0.384. The molecule has 1 saturated heterocycles. The Morgan fingerprint density at radius 3 is 2.56 bits per heavy atom. The third-order valence-electron chi connectivity index (χ3n) is 5.73. The third-order valence-corrected chi connectivity index (χ3v) is 5.73. The second-order valence-electron chi connectivity index (χ2n) is 7.93. The number of hydrogen-bond acceptors (Lipinski definition) is 7. The Labute approximate surface area is 195 Å². The van der Waals surface area contributed by atoms with Crippen LogP contribution in [0.15, 0.2) is 71.1 Å². The molecule has 1 fully saturated rings. The van der Waals surface area contributed by atoms with E-state index in [4.69, 9.17) is 9.15 Å². The van der Waals surface area contributed by atoms with Gasteiger partial charge in [0.05, 0.1) is 18.1 Å². The summed E-state index contributed by atoms with van der Waals surface area (Å²) < 4.78 is 11.1. The molecule has 1 N–H and O–H groups in total. The van der Waals surface area contributed by atoms with Crippen molar-refractivity contribution in [3.63, 3.8) is 0 Å². The monoisotopic (exact) mass is 458 g/mol. The van der Waals surface area contributed by atoms with Gasteiger partial charge in [-0.3, -0.25) is 14.9 Å². The molecule has 3 aromatic carbocycles. The van der Waals surface area contributed by atoms with Crippen LogP contribution >= 0.6 is 0 Å². The number of morpholine rings is 1. The molecule has 0 bridgehead atoms. The molecule has 4 aromatic rings. The number of nitrogens with zero attached hydrogens (tertiary/aromatic N) is 3. The molecule has 2 heterocycles. The summed E-state index contributed by atoms with van der Waals surface area (Å²) in [6, 6.07) is 19.7. The summed E-state index contributed by atoms with van der Waals surface area (Å²) in [5.41, 5.74) is 3.89. The largest absolute Gasteiger partial charge is 0.436 e. The van der Waals surface area contributed by atoms with Gasteiger partial charge in [0.15, 0.2) is 5.58 Å². The lowest BCUT2D eigenvalue weighted by Crippen LogP contribution is -2.36. The molecule has 1 aliphatic rings. The van der Waals surface area contributed by atoms with Crippen LogP contribution in [0.4, 0.5) is 11.4 Å². The minimum absolute atomic E-state index is 0.0859. The first-order valence-electron chi connectivity index (χ1n) is 10.9. The number of carbonyl (C=O) groups is 1. The van der Waals surface area contributed by atoms with Crippen LogP contribution < -0.4 is 10.2 Å². The first-order valence-corrected chi connectivity index (χ1v) is 10.9. The number of anilines is 1. The van der Waals surface area contributed by atoms with E-state index in [0.29, 0.717) is 37.9 Å². The summed E-state index contributed by atoms with van der Waals surface area (Å²) in [5.74, 6) is 0.157. The summed E-state index contributed by atoms with van der Waals surface area (Å²) in [5, 5.41) is 14.5. The number of carbonyl (C=O) groups excluding carboxylic acids is 1. The van der Waals surface area contributed by atoms with Gasteiger partial charge in [0.1, 0.15) is 11.2 Å². The fraction of sp³-hybridized carbons (Fsp3) is 0.200. The second-order valence-corrected chi connectivity index (χ2v) is 7.93. The number of amides is 1. The number of para-hydroxylation sites is 2.